The van der Waals surface area contributed by atoms with Gasteiger partial charge in [0.25, 0.3) is 6.43 Å². The third-order valence-electron chi connectivity index (χ3n) is 3.59. The molecule has 120 valence electrons. The number of benzene rings is 2. The zero-order chi connectivity index (χ0) is 16.7. The van der Waals surface area contributed by atoms with E-state index < -0.39 is 6.43 Å². The summed E-state index contributed by atoms with van der Waals surface area (Å²) >= 11 is 15.4. The van der Waals surface area contributed by atoms with Gasteiger partial charge in [0.05, 0.1) is 11.6 Å². The average Bonchev–Trinajstić information content (AvgIpc) is 2.89. The highest BCUT2D eigenvalue weighted by molar-refractivity contribution is 9.10. The van der Waals surface area contributed by atoms with Crippen LogP contribution in [0.4, 0.5) is 8.78 Å². The number of halogens is 5. The van der Waals surface area contributed by atoms with Crippen LogP contribution in [-0.2, 0) is 0 Å². The van der Waals surface area contributed by atoms with Crippen molar-refractivity contribution in [1.82, 2.24) is 15.0 Å². The first kappa shape index (κ1) is 16.6. The molecule has 1 aromatic heterocycles. The van der Waals surface area contributed by atoms with Gasteiger partial charge in [-0.05, 0) is 36.8 Å². The first-order valence-corrected chi connectivity index (χ1v) is 8.21. The van der Waals surface area contributed by atoms with E-state index in [0.29, 0.717) is 20.0 Å². The van der Waals surface area contributed by atoms with E-state index in [1.165, 1.54) is 6.07 Å². The van der Waals surface area contributed by atoms with Gasteiger partial charge in [0.2, 0.25) is 0 Å². The monoisotopic (exact) mass is 419 g/mol. The van der Waals surface area contributed by atoms with Gasteiger partial charge in [0.1, 0.15) is 5.52 Å². The zero-order valence-electron chi connectivity index (χ0n) is 11.8. The Kier molecular flexibility index (Phi) is 4.58. The van der Waals surface area contributed by atoms with Crippen LogP contribution in [0.3, 0.4) is 0 Å². The predicted molar refractivity (Wildman–Crippen MR) is 90.5 cm³/mol. The summed E-state index contributed by atoms with van der Waals surface area (Å²) < 4.78 is 28.5. The molecule has 0 saturated carbocycles. The lowest BCUT2D eigenvalue weighted by Crippen LogP contribution is -2.09. The quantitative estimate of drug-likeness (QED) is 0.516. The van der Waals surface area contributed by atoms with Crippen LogP contribution in [0.25, 0.3) is 11.0 Å². The normalized spacial score (nSPS) is 13.0. The zero-order valence-corrected chi connectivity index (χ0v) is 14.9. The molecule has 23 heavy (non-hydrogen) atoms. The molecule has 0 aliphatic rings. The molecule has 3 rings (SSSR count). The molecule has 1 heterocycles. The minimum atomic E-state index is -2.63. The smallest absolute Gasteiger partial charge is 0.237 e. The highest BCUT2D eigenvalue weighted by Crippen LogP contribution is 2.34. The summed E-state index contributed by atoms with van der Waals surface area (Å²) in [6.07, 6.45) is -2.63. The van der Waals surface area contributed by atoms with Crippen LogP contribution < -0.4 is 0 Å². The Bertz CT molecular complexity index is 883. The van der Waals surface area contributed by atoms with Crippen LogP contribution in [-0.4, -0.2) is 15.0 Å². The number of fused-ring (bicyclic) bond motifs is 1. The maximum absolute atomic E-state index is 13.2. The largest absolute Gasteiger partial charge is 0.266 e. The number of hydrogen-bond acceptors (Lipinski definition) is 2. The first-order chi connectivity index (χ1) is 10.9. The van der Waals surface area contributed by atoms with Crippen molar-refractivity contribution < 1.29 is 8.78 Å². The van der Waals surface area contributed by atoms with Gasteiger partial charge in [-0.15, -0.1) is 5.10 Å². The second kappa shape index (κ2) is 6.34. The minimum Gasteiger partial charge on any atom is -0.237 e. The lowest BCUT2D eigenvalue weighted by atomic mass is 10.1. The Labute approximate surface area is 149 Å². The highest BCUT2D eigenvalue weighted by Gasteiger charge is 2.21. The average molecular weight is 421 g/mol. The molecule has 1 atom stereocenters. The van der Waals surface area contributed by atoms with E-state index in [2.05, 4.69) is 26.2 Å². The number of nitrogens with zero attached hydrogens (tertiary/aromatic N) is 3. The fourth-order valence-electron chi connectivity index (χ4n) is 2.45. The molecule has 0 unspecified atom stereocenters. The van der Waals surface area contributed by atoms with Gasteiger partial charge in [-0.2, -0.15) is 0 Å². The Hall–Kier alpha value is -1.24. The van der Waals surface area contributed by atoms with Crippen molar-refractivity contribution in [1.29, 1.82) is 0 Å². The van der Waals surface area contributed by atoms with Crippen molar-refractivity contribution in [2.45, 2.75) is 19.4 Å². The van der Waals surface area contributed by atoms with Gasteiger partial charge in [-0.3, -0.25) is 0 Å². The van der Waals surface area contributed by atoms with Crippen molar-refractivity contribution in [3.8, 4) is 0 Å². The van der Waals surface area contributed by atoms with Gasteiger partial charge >= 0.3 is 0 Å². The molecule has 0 N–H and O–H groups in total. The van der Waals surface area contributed by atoms with Crippen LogP contribution in [0.2, 0.25) is 10.0 Å². The van der Waals surface area contributed by atoms with Crippen molar-refractivity contribution in [3.63, 3.8) is 0 Å². The fraction of sp³-hybridized carbons (Fsp3) is 0.200. The van der Waals surface area contributed by atoms with E-state index in [1.54, 1.807) is 28.9 Å². The second-order valence-corrected chi connectivity index (χ2v) is 6.80. The van der Waals surface area contributed by atoms with Crippen LogP contribution >= 0.6 is 39.1 Å². The predicted octanol–water partition coefficient (Wildman–Crippen LogP) is 6.05. The van der Waals surface area contributed by atoms with Crippen molar-refractivity contribution in [2.24, 2.45) is 0 Å². The minimum absolute atomic E-state index is 0.157. The lowest BCUT2D eigenvalue weighted by molar-refractivity contribution is 0.153. The van der Waals surface area contributed by atoms with Gasteiger partial charge in [-0.1, -0.05) is 50.4 Å². The third-order valence-corrected chi connectivity index (χ3v) is 4.61. The standard InChI is InChI=1S/C15H10BrCl2F2N3/c1-7(10-3-2-9(17)6-12(10)18)23-13-5-8(16)4-11(15(19)20)14(13)21-22-23/h2-7,15H,1H3/t7-/m1/s1. The van der Waals surface area contributed by atoms with E-state index in [4.69, 9.17) is 23.2 Å². The van der Waals surface area contributed by atoms with E-state index in [1.807, 2.05) is 6.92 Å². The molecule has 0 aliphatic heterocycles. The molecule has 0 bridgehead atoms. The summed E-state index contributed by atoms with van der Waals surface area (Å²) in [5, 5.41) is 8.97. The van der Waals surface area contributed by atoms with Gasteiger partial charge in [-0.25, -0.2) is 13.5 Å². The van der Waals surface area contributed by atoms with Crippen LogP contribution in [0.1, 0.15) is 30.5 Å². The molecule has 0 saturated heterocycles. The molecule has 8 heteroatoms. The molecule has 2 aromatic carbocycles. The number of alkyl halides is 2. The molecule has 0 spiro atoms. The third kappa shape index (κ3) is 3.07. The summed E-state index contributed by atoms with van der Waals surface area (Å²) in [6.45, 7) is 1.87. The summed E-state index contributed by atoms with van der Waals surface area (Å²) in [7, 11) is 0. The molecule has 3 aromatic rings. The first-order valence-electron chi connectivity index (χ1n) is 6.66. The topological polar surface area (TPSA) is 30.7 Å². The Morgan fingerprint density at radius 2 is 1.87 bits per heavy atom. The summed E-state index contributed by atoms with van der Waals surface area (Å²) in [4.78, 5) is 0. The van der Waals surface area contributed by atoms with Gasteiger partial charge in [0, 0.05) is 20.1 Å². The number of rotatable bonds is 3. The molecule has 0 amide bonds. The molecular formula is C15H10BrCl2F2N3. The van der Waals surface area contributed by atoms with E-state index >= 15 is 0 Å². The highest BCUT2D eigenvalue weighted by atomic mass is 79.9. The Morgan fingerprint density at radius 1 is 1.13 bits per heavy atom. The molecule has 0 aliphatic carbocycles. The van der Waals surface area contributed by atoms with E-state index in [9.17, 15) is 8.78 Å². The van der Waals surface area contributed by atoms with Crippen LogP contribution in [0.5, 0.6) is 0 Å². The van der Waals surface area contributed by atoms with Crippen LogP contribution in [0.15, 0.2) is 34.8 Å². The van der Waals surface area contributed by atoms with Gasteiger partial charge < -0.3 is 0 Å². The van der Waals surface area contributed by atoms with Crippen molar-refractivity contribution in [3.05, 3.63) is 56.0 Å². The SMILES string of the molecule is C[C@H](c1ccc(Cl)cc1Cl)n1nnc2c(C(F)F)cc(Br)cc21. The second-order valence-electron chi connectivity index (χ2n) is 5.04. The summed E-state index contributed by atoms with van der Waals surface area (Å²) in [6, 6.07) is 7.92. The number of aromatic nitrogens is 3. The number of hydrogen-bond donors (Lipinski definition) is 0. The van der Waals surface area contributed by atoms with E-state index in [0.717, 1.165) is 5.56 Å². The van der Waals surface area contributed by atoms with E-state index in [-0.39, 0.29) is 17.1 Å². The molecule has 0 radical (unpaired) electrons. The lowest BCUT2D eigenvalue weighted by Gasteiger charge is -2.15. The van der Waals surface area contributed by atoms with Crippen LogP contribution in [0, 0.1) is 0 Å². The maximum Gasteiger partial charge on any atom is 0.266 e. The maximum atomic E-state index is 13.2. The Balaban J connectivity index is 2.16. The van der Waals surface area contributed by atoms with Crippen molar-refractivity contribution >= 4 is 50.2 Å². The van der Waals surface area contributed by atoms with Crippen molar-refractivity contribution in [2.75, 3.05) is 0 Å². The Morgan fingerprint density at radius 3 is 2.52 bits per heavy atom. The fourth-order valence-corrected chi connectivity index (χ4v) is 3.48. The summed E-state index contributed by atoms with van der Waals surface area (Å²) in [5.74, 6) is 0. The van der Waals surface area contributed by atoms with Gasteiger partial charge in [0.15, 0.2) is 0 Å². The molecule has 3 nitrogen and oxygen atoms in total. The summed E-state index contributed by atoms with van der Waals surface area (Å²) in [5.41, 5.74) is 1.31. The molecule has 0 fully saturated rings. The molecular weight excluding hydrogens is 411 g/mol.